The first-order valence-electron chi connectivity index (χ1n) is 9.30. The van der Waals surface area contributed by atoms with Crippen molar-refractivity contribution in [3.8, 4) is 11.3 Å². The first-order valence-corrected chi connectivity index (χ1v) is 9.30. The van der Waals surface area contributed by atoms with Crippen LogP contribution in [0.4, 0.5) is 5.69 Å². The number of hydrogen-bond donors (Lipinski definition) is 1. The van der Waals surface area contributed by atoms with E-state index in [4.69, 9.17) is 10.8 Å². The van der Waals surface area contributed by atoms with Gasteiger partial charge in [0.25, 0.3) is 0 Å². The van der Waals surface area contributed by atoms with Crippen LogP contribution in [0.15, 0.2) is 54.6 Å². The number of rotatable bonds is 4. The quantitative estimate of drug-likeness (QED) is 0.777. The van der Waals surface area contributed by atoms with Crippen molar-refractivity contribution in [2.24, 2.45) is 5.73 Å². The molecule has 0 radical (unpaired) electrons. The molecule has 0 saturated carbocycles. The lowest BCUT2D eigenvalue weighted by atomic mass is 9.89. The van der Waals surface area contributed by atoms with E-state index in [9.17, 15) is 0 Å². The summed E-state index contributed by atoms with van der Waals surface area (Å²) in [6.45, 7) is 0.787. The van der Waals surface area contributed by atoms with E-state index < -0.39 is 0 Å². The molecule has 2 N–H and O–H groups in total. The Labute approximate surface area is 155 Å². The molecule has 0 fully saturated rings. The number of nitrogens with two attached hydrogens (primary N) is 1. The molecule has 0 spiro atoms. The summed E-state index contributed by atoms with van der Waals surface area (Å²) in [4.78, 5) is 2.12. The largest absolute Gasteiger partial charge is 0.378 e. The van der Waals surface area contributed by atoms with Crippen molar-refractivity contribution in [3.05, 3.63) is 71.4 Å². The van der Waals surface area contributed by atoms with Crippen LogP contribution in [0.3, 0.4) is 0 Å². The van der Waals surface area contributed by atoms with Crippen molar-refractivity contribution in [1.82, 2.24) is 9.78 Å². The molecule has 1 aliphatic carbocycles. The molecular formula is C22H26N4. The Bertz CT molecular complexity index is 879. The van der Waals surface area contributed by atoms with Gasteiger partial charge in [-0.15, -0.1) is 0 Å². The van der Waals surface area contributed by atoms with E-state index in [1.807, 2.05) is 6.07 Å². The SMILES string of the molecule is CN(C)c1ccc(Cn2nc(-c3ccccc3)c3c2CCCC3N)cc1. The molecular weight excluding hydrogens is 320 g/mol. The highest BCUT2D eigenvalue weighted by atomic mass is 15.3. The first kappa shape index (κ1) is 16.9. The fourth-order valence-electron chi connectivity index (χ4n) is 3.81. The first-order chi connectivity index (χ1) is 12.6. The maximum atomic E-state index is 6.49. The molecule has 1 aliphatic rings. The Morgan fingerprint density at radius 1 is 1.08 bits per heavy atom. The Hall–Kier alpha value is -2.59. The summed E-state index contributed by atoms with van der Waals surface area (Å²) in [6.07, 6.45) is 3.22. The van der Waals surface area contributed by atoms with E-state index in [1.165, 1.54) is 22.5 Å². The van der Waals surface area contributed by atoms with Gasteiger partial charge in [-0.05, 0) is 37.0 Å². The zero-order valence-corrected chi connectivity index (χ0v) is 15.5. The maximum absolute atomic E-state index is 6.49. The van der Waals surface area contributed by atoms with Gasteiger partial charge in [-0.2, -0.15) is 5.10 Å². The average Bonchev–Trinajstić information content (AvgIpc) is 3.03. The zero-order valence-electron chi connectivity index (χ0n) is 15.5. The summed E-state index contributed by atoms with van der Waals surface area (Å²) >= 11 is 0. The van der Waals surface area contributed by atoms with Crippen molar-refractivity contribution in [2.75, 3.05) is 19.0 Å². The lowest BCUT2D eigenvalue weighted by molar-refractivity contribution is 0.537. The highest BCUT2D eigenvalue weighted by molar-refractivity contribution is 5.65. The smallest absolute Gasteiger partial charge is 0.0973 e. The summed E-state index contributed by atoms with van der Waals surface area (Å²) in [6, 6.07) is 19.2. The molecule has 0 aliphatic heterocycles. The number of anilines is 1. The van der Waals surface area contributed by atoms with Crippen LogP contribution in [0.2, 0.25) is 0 Å². The fourth-order valence-corrected chi connectivity index (χ4v) is 3.81. The standard InChI is InChI=1S/C22H26N4/c1-25(2)18-13-11-16(12-14-18)15-26-20-10-6-9-19(23)21(20)22(24-26)17-7-4-3-5-8-17/h3-5,7-8,11-14,19H,6,9-10,15,23H2,1-2H3. The lowest BCUT2D eigenvalue weighted by Crippen LogP contribution is -2.19. The van der Waals surface area contributed by atoms with Crippen LogP contribution in [-0.4, -0.2) is 23.9 Å². The van der Waals surface area contributed by atoms with Gasteiger partial charge in [0.2, 0.25) is 0 Å². The summed E-state index contributed by atoms with van der Waals surface area (Å²) in [5.74, 6) is 0. The Balaban J connectivity index is 1.72. The Morgan fingerprint density at radius 2 is 1.81 bits per heavy atom. The third-order valence-electron chi connectivity index (χ3n) is 5.23. The van der Waals surface area contributed by atoms with Crippen molar-refractivity contribution in [1.29, 1.82) is 0 Å². The van der Waals surface area contributed by atoms with Crippen LogP contribution < -0.4 is 10.6 Å². The molecule has 1 atom stereocenters. The third kappa shape index (κ3) is 3.13. The van der Waals surface area contributed by atoms with Gasteiger partial charge in [-0.3, -0.25) is 4.68 Å². The van der Waals surface area contributed by atoms with Crippen LogP contribution in [0, 0.1) is 0 Å². The second kappa shape index (κ2) is 6.96. The van der Waals surface area contributed by atoms with Crippen molar-refractivity contribution in [3.63, 3.8) is 0 Å². The molecule has 26 heavy (non-hydrogen) atoms. The number of fused-ring (bicyclic) bond motifs is 1. The van der Waals surface area contributed by atoms with Crippen molar-refractivity contribution in [2.45, 2.75) is 31.8 Å². The predicted octanol–water partition coefficient (Wildman–Crippen LogP) is 4.00. The molecule has 3 aromatic rings. The molecule has 0 bridgehead atoms. The van der Waals surface area contributed by atoms with E-state index in [-0.39, 0.29) is 6.04 Å². The molecule has 0 saturated heterocycles. The topological polar surface area (TPSA) is 47.1 Å². The number of benzene rings is 2. The minimum Gasteiger partial charge on any atom is -0.378 e. The van der Waals surface area contributed by atoms with Crippen LogP contribution in [-0.2, 0) is 13.0 Å². The minimum absolute atomic E-state index is 0.0822. The summed E-state index contributed by atoms with van der Waals surface area (Å²) in [5, 5.41) is 4.99. The number of aromatic nitrogens is 2. The molecule has 4 nitrogen and oxygen atoms in total. The molecule has 1 unspecified atom stereocenters. The normalized spacial score (nSPS) is 16.3. The highest BCUT2D eigenvalue weighted by Crippen LogP contribution is 2.36. The van der Waals surface area contributed by atoms with Crippen LogP contribution >= 0.6 is 0 Å². The third-order valence-corrected chi connectivity index (χ3v) is 5.23. The zero-order chi connectivity index (χ0) is 18.1. The second-order valence-corrected chi connectivity index (χ2v) is 7.29. The molecule has 1 heterocycles. The van der Waals surface area contributed by atoms with Gasteiger partial charge in [0.1, 0.15) is 0 Å². The van der Waals surface area contributed by atoms with Crippen molar-refractivity contribution < 1.29 is 0 Å². The van der Waals surface area contributed by atoms with E-state index in [0.717, 1.165) is 37.1 Å². The van der Waals surface area contributed by atoms with Gasteiger partial charge >= 0.3 is 0 Å². The lowest BCUT2D eigenvalue weighted by Gasteiger charge is -2.20. The van der Waals surface area contributed by atoms with Crippen LogP contribution in [0.5, 0.6) is 0 Å². The highest BCUT2D eigenvalue weighted by Gasteiger charge is 2.26. The monoisotopic (exact) mass is 346 g/mol. The van der Waals surface area contributed by atoms with Gasteiger partial charge in [0.15, 0.2) is 0 Å². The molecule has 2 aromatic carbocycles. The van der Waals surface area contributed by atoms with Gasteiger partial charge in [-0.25, -0.2) is 0 Å². The van der Waals surface area contributed by atoms with E-state index >= 15 is 0 Å². The summed E-state index contributed by atoms with van der Waals surface area (Å²) < 4.78 is 2.17. The molecule has 4 heteroatoms. The Morgan fingerprint density at radius 3 is 2.50 bits per heavy atom. The van der Waals surface area contributed by atoms with Crippen LogP contribution in [0.25, 0.3) is 11.3 Å². The fraction of sp³-hybridized carbons (Fsp3) is 0.318. The van der Waals surface area contributed by atoms with E-state index in [1.54, 1.807) is 0 Å². The molecule has 134 valence electrons. The molecule has 4 rings (SSSR count). The summed E-state index contributed by atoms with van der Waals surface area (Å²) in [5.41, 5.74) is 13.7. The second-order valence-electron chi connectivity index (χ2n) is 7.29. The van der Waals surface area contributed by atoms with Gasteiger partial charge < -0.3 is 10.6 Å². The van der Waals surface area contributed by atoms with Gasteiger partial charge in [0.05, 0.1) is 12.2 Å². The number of nitrogens with zero attached hydrogens (tertiary/aromatic N) is 3. The average molecular weight is 346 g/mol. The van der Waals surface area contributed by atoms with Gasteiger partial charge in [0, 0.05) is 42.6 Å². The van der Waals surface area contributed by atoms with Gasteiger partial charge in [-0.1, -0.05) is 42.5 Å². The molecule has 0 amide bonds. The summed E-state index contributed by atoms with van der Waals surface area (Å²) in [7, 11) is 4.12. The van der Waals surface area contributed by atoms with E-state index in [2.05, 4.69) is 72.2 Å². The minimum atomic E-state index is 0.0822. The maximum Gasteiger partial charge on any atom is 0.0973 e. The predicted molar refractivity (Wildman–Crippen MR) is 107 cm³/mol. The number of hydrogen-bond acceptors (Lipinski definition) is 3. The molecule has 1 aromatic heterocycles. The van der Waals surface area contributed by atoms with E-state index in [0.29, 0.717) is 0 Å². The van der Waals surface area contributed by atoms with Crippen molar-refractivity contribution >= 4 is 5.69 Å². The van der Waals surface area contributed by atoms with Crippen LogP contribution in [0.1, 0.15) is 35.7 Å². The Kier molecular flexibility index (Phi) is 4.51.